The Balaban J connectivity index is 1.22. The number of anilines is 1. The Kier molecular flexibility index (Phi) is 4.08. The molecule has 2 aliphatic rings. The molecule has 4 aromatic rings. The highest BCUT2D eigenvalue weighted by Gasteiger charge is 2.28. The molecule has 10 nitrogen and oxygen atoms in total. The molecule has 0 unspecified atom stereocenters. The lowest BCUT2D eigenvalue weighted by molar-refractivity contribution is 0.102. The van der Waals surface area contributed by atoms with E-state index in [1.165, 1.54) is 0 Å². The van der Waals surface area contributed by atoms with Gasteiger partial charge in [0.15, 0.2) is 11.6 Å². The van der Waals surface area contributed by atoms with Crippen molar-refractivity contribution >= 4 is 11.7 Å². The second-order valence-corrected chi connectivity index (χ2v) is 7.88. The van der Waals surface area contributed by atoms with Crippen LogP contribution in [0, 0.1) is 0 Å². The van der Waals surface area contributed by atoms with Crippen LogP contribution in [0.4, 0.5) is 5.82 Å². The molecule has 6 rings (SSSR count). The van der Waals surface area contributed by atoms with E-state index in [-0.39, 0.29) is 11.6 Å². The summed E-state index contributed by atoms with van der Waals surface area (Å²) in [4.78, 5) is 25.9. The number of rotatable bonds is 6. The second kappa shape index (κ2) is 7.08. The van der Waals surface area contributed by atoms with Crippen molar-refractivity contribution in [1.29, 1.82) is 0 Å². The molecule has 0 aliphatic heterocycles. The number of carbonyl (C=O) groups excluding carboxylic acids is 1. The zero-order chi connectivity index (χ0) is 20.8. The molecule has 2 fully saturated rings. The Hall–Kier alpha value is -3.95. The van der Waals surface area contributed by atoms with E-state index < -0.39 is 0 Å². The summed E-state index contributed by atoms with van der Waals surface area (Å²) < 4.78 is 3.71. The first kappa shape index (κ1) is 17.9. The van der Waals surface area contributed by atoms with Crippen LogP contribution in [0.1, 0.15) is 54.0 Å². The number of nitrogens with one attached hydrogen (secondary N) is 1. The Bertz CT molecular complexity index is 1270. The van der Waals surface area contributed by atoms with E-state index in [1.54, 1.807) is 41.7 Å². The number of hydrogen-bond donors (Lipinski definition) is 1. The third-order valence-electron chi connectivity index (χ3n) is 5.43. The SMILES string of the molecule is O=C(Nc1cccc(-c2nncn2C2CC2)n1)c1cc(-n2cnc(C3CC3)n2)ccn1. The third kappa shape index (κ3) is 3.56. The van der Waals surface area contributed by atoms with E-state index in [1.807, 2.05) is 16.7 Å². The summed E-state index contributed by atoms with van der Waals surface area (Å²) in [5, 5.41) is 15.5. The molecule has 0 saturated heterocycles. The molecule has 4 aromatic heterocycles. The first-order chi connectivity index (χ1) is 15.2. The molecule has 2 aliphatic carbocycles. The van der Waals surface area contributed by atoms with Gasteiger partial charge in [0.25, 0.3) is 5.91 Å². The second-order valence-electron chi connectivity index (χ2n) is 7.88. The zero-order valence-corrected chi connectivity index (χ0v) is 16.6. The highest BCUT2D eigenvalue weighted by atomic mass is 16.1. The number of amides is 1. The molecule has 1 amide bonds. The van der Waals surface area contributed by atoms with Crippen molar-refractivity contribution in [2.24, 2.45) is 0 Å². The van der Waals surface area contributed by atoms with Crippen molar-refractivity contribution in [2.75, 3.05) is 5.32 Å². The van der Waals surface area contributed by atoms with Gasteiger partial charge in [0.2, 0.25) is 0 Å². The van der Waals surface area contributed by atoms with E-state index in [2.05, 4.69) is 35.6 Å². The molecule has 154 valence electrons. The molecule has 0 radical (unpaired) electrons. The van der Waals surface area contributed by atoms with Crippen LogP contribution in [0.5, 0.6) is 0 Å². The lowest BCUT2D eigenvalue weighted by Gasteiger charge is -2.08. The quantitative estimate of drug-likeness (QED) is 0.516. The van der Waals surface area contributed by atoms with Gasteiger partial charge in [0.05, 0.1) is 5.69 Å². The summed E-state index contributed by atoms with van der Waals surface area (Å²) in [6.07, 6.45) is 9.51. The highest BCUT2D eigenvalue weighted by molar-refractivity contribution is 6.02. The van der Waals surface area contributed by atoms with Crippen molar-refractivity contribution in [3.05, 3.63) is 60.7 Å². The van der Waals surface area contributed by atoms with Crippen LogP contribution in [0.3, 0.4) is 0 Å². The van der Waals surface area contributed by atoms with E-state index in [0.717, 1.165) is 37.2 Å². The fourth-order valence-electron chi connectivity index (χ4n) is 3.47. The summed E-state index contributed by atoms with van der Waals surface area (Å²) in [7, 11) is 0. The van der Waals surface area contributed by atoms with Crippen molar-refractivity contribution in [3.8, 4) is 17.2 Å². The van der Waals surface area contributed by atoms with Crippen molar-refractivity contribution in [3.63, 3.8) is 0 Å². The summed E-state index contributed by atoms with van der Waals surface area (Å²) in [6.45, 7) is 0. The minimum absolute atomic E-state index is 0.273. The number of hydrogen-bond acceptors (Lipinski definition) is 7. The maximum Gasteiger partial charge on any atom is 0.275 e. The average molecular weight is 413 g/mol. The smallest absolute Gasteiger partial charge is 0.275 e. The molecule has 10 heteroatoms. The van der Waals surface area contributed by atoms with Crippen LogP contribution < -0.4 is 5.32 Å². The molecule has 0 atom stereocenters. The topological polar surface area (TPSA) is 116 Å². The summed E-state index contributed by atoms with van der Waals surface area (Å²) in [5.41, 5.74) is 1.67. The summed E-state index contributed by atoms with van der Waals surface area (Å²) in [6, 6.07) is 9.36. The van der Waals surface area contributed by atoms with Gasteiger partial charge >= 0.3 is 0 Å². The van der Waals surface area contributed by atoms with Crippen LogP contribution in [-0.4, -0.2) is 45.4 Å². The lowest BCUT2D eigenvalue weighted by Crippen LogP contribution is -2.15. The number of pyridine rings is 2. The molecule has 1 N–H and O–H groups in total. The minimum atomic E-state index is -0.349. The van der Waals surface area contributed by atoms with E-state index in [9.17, 15) is 4.79 Å². The van der Waals surface area contributed by atoms with Gasteiger partial charge in [-0.2, -0.15) is 5.10 Å². The molecule has 2 saturated carbocycles. The predicted molar refractivity (Wildman–Crippen MR) is 111 cm³/mol. The molecule has 4 heterocycles. The maximum atomic E-state index is 12.8. The first-order valence-electron chi connectivity index (χ1n) is 10.3. The van der Waals surface area contributed by atoms with Gasteiger partial charge in [-0.05, 0) is 49.9 Å². The van der Waals surface area contributed by atoms with Crippen LogP contribution in [0.25, 0.3) is 17.2 Å². The van der Waals surface area contributed by atoms with Crippen molar-refractivity contribution in [2.45, 2.75) is 37.6 Å². The summed E-state index contributed by atoms with van der Waals surface area (Å²) >= 11 is 0. The van der Waals surface area contributed by atoms with Gasteiger partial charge in [-0.3, -0.25) is 9.78 Å². The first-order valence-corrected chi connectivity index (χ1v) is 10.3. The fraction of sp³-hybridized carbons (Fsp3) is 0.286. The molecule has 31 heavy (non-hydrogen) atoms. The zero-order valence-electron chi connectivity index (χ0n) is 16.6. The van der Waals surface area contributed by atoms with Crippen LogP contribution in [0.15, 0.2) is 49.2 Å². The highest BCUT2D eigenvalue weighted by Crippen LogP contribution is 2.38. The van der Waals surface area contributed by atoms with Crippen LogP contribution in [0.2, 0.25) is 0 Å². The fourth-order valence-corrected chi connectivity index (χ4v) is 3.47. The molecule has 0 spiro atoms. The molecule has 0 aromatic carbocycles. The van der Waals surface area contributed by atoms with Gasteiger partial charge in [0, 0.05) is 18.2 Å². The monoisotopic (exact) mass is 413 g/mol. The lowest BCUT2D eigenvalue weighted by atomic mass is 10.3. The summed E-state index contributed by atoms with van der Waals surface area (Å²) in [5.74, 6) is 2.10. The van der Waals surface area contributed by atoms with E-state index >= 15 is 0 Å². The number of carbonyl (C=O) groups is 1. The number of aromatic nitrogens is 8. The van der Waals surface area contributed by atoms with Gasteiger partial charge in [0.1, 0.15) is 29.9 Å². The van der Waals surface area contributed by atoms with E-state index in [4.69, 9.17) is 0 Å². The predicted octanol–water partition coefficient (Wildman–Crippen LogP) is 2.78. The van der Waals surface area contributed by atoms with E-state index in [0.29, 0.717) is 29.3 Å². The Morgan fingerprint density at radius 2 is 1.97 bits per heavy atom. The normalized spacial score (nSPS) is 15.7. The van der Waals surface area contributed by atoms with Gasteiger partial charge in [-0.25, -0.2) is 14.6 Å². The van der Waals surface area contributed by atoms with Gasteiger partial charge in [-0.15, -0.1) is 10.2 Å². The van der Waals surface area contributed by atoms with Gasteiger partial charge in [-0.1, -0.05) is 6.07 Å². The van der Waals surface area contributed by atoms with Crippen molar-refractivity contribution < 1.29 is 4.79 Å². The van der Waals surface area contributed by atoms with Crippen molar-refractivity contribution in [1.82, 2.24) is 39.5 Å². The largest absolute Gasteiger partial charge is 0.309 e. The molecular formula is C21H19N9O. The Morgan fingerprint density at radius 3 is 2.81 bits per heavy atom. The molecular weight excluding hydrogens is 394 g/mol. The third-order valence-corrected chi connectivity index (χ3v) is 5.43. The minimum Gasteiger partial charge on any atom is -0.309 e. The number of nitrogens with zero attached hydrogens (tertiary/aromatic N) is 8. The molecule has 0 bridgehead atoms. The maximum absolute atomic E-state index is 12.8. The Labute approximate surface area is 177 Å². The average Bonchev–Trinajstić information content (AvgIpc) is 3.73. The van der Waals surface area contributed by atoms with Gasteiger partial charge < -0.3 is 9.88 Å². The standard InChI is InChI=1S/C21H19N9O/c31-21(17-10-15(8-9-22-17)30-11-23-19(28-30)13-4-5-13)26-18-3-1-2-16(25-18)20-27-24-12-29(20)14-6-7-14/h1-3,8-14H,4-7H2,(H,25,26,31). The van der Waals surface area contributed by atoms with Crippen LogP contribution >= 0.6 is 0 Å². The van der Waals surface area contributed by atoms with Crippen LogP contribution in [-0.2, 0) is 0 Å². The Morgan fingerprint density at radius 1 is 1.06 bits per heavy atom.